The number of fused-ring (bicyclic) bond motifs is 1. The second-order valence-electron chi connectivity index (χ2n) is 6.11. The van der Waals surface area contributed by atoms with E-state index in [-0.39, 0.29) is 44.4 Å². The Morgan fingerprint density at radius 1 is 1.17 bits per heavy atom. The van der Waals surface area contributed by atoms with Crippen LogP contribution in [-0.2, 0) is 9.59 Å². The number of nitrogens with zero attached hydrogens (tertiary/aromatic N) is 2. The lowest BCUT2D eigenvalue weighted by Gasteiger charge is -2.37. The molecule has 1 N–H and O–H groups in total. The van der Waals surface area contributed by atoms with Crippen LogP contribution in [0.25, 0.3) is 0 Å². The van der Waals surface area contributed by atoms with Crippen molar-refractivity contribution in [2.75, 3.05) is 38.0 Å². The molecule has 2 aliphatic rings. The Morgan fingerprint density at radius 2 is 1.83 bits per heavy atom. The van der Waals surface area contributed by atoms with Gasteiger partial charge in [0.25, 0.3) is 0 Å². The summed E-state index contributed by atoms with van der Waals surface area (Å²) in [5.74, 6) is -0.976. The number of halogens is 3. The molecule has 2 heterocycles. The highest BCUT2D eigenvalue weighted by molar-refractivity contribution is 6.01. The third-order valence-corrected chi connectivity index (χ3v) is 4.38. The maximum Gasteiger partial charge on any atom is 0.401 e. The number of rotatable bonds is 2. The van der Waals surface area contributed by atoms with Crippen molar-refractivity contribution >= 4 is 17.5 Å². The molecule has 24 heavy (non-hydrogen) atoms. The molecule has 8 heteroatoms. The third kappa shape index (κ3) is 3.69. The molecule has 5 nitrogen and oxygen atoms in total. The molecule has 1 aromatic carbocycles. The van der Waals surface area contributed by atoms with E-state index in [2.05, 4.69) is 5.32 Å². The fraction of sp³-hybridized carbons (Fsp3) is 0.500. The smallest absolute Gasteiger partial charge is 0.340 e. The Hall–Kier alpha value is -2.09. The Bertz CT molecular complexity index is 640. The first kappa shape index (κ1) is 16.8. The van der Waals surface area contributed by atoms with E-state index in [1.165, 1.54) is 4.90 Å². The van der Waals surface area contributed by atoms with Crippen LogP contribution >= 0.6 is 0 Å². The molecule has 0 spiro atoms. The highest BCUT2D eigenvalue weighted by Gasteiger charge is 2.36. The summed E-state index contributed by atoms with van der Waals surface area (Å²) in [6.07, 6.45) is -4.16. The van der Waals surface area contributed by atoms with Crippen molar-refractivity contribution in [2.45, 2.75) is 18.5 Å². The van der Waals surface area contributed by atoms with E-state index < -0.39 is 18.6 Å². The molecule has 130 valence electrons. The molecule has 3 rings (SSSR count). The Balaban J connectivity index is 1.67. The van der Waals surface area contributed by atoms with Gasteiger partial charge in [-0.1, -0.05) is 18.2 Å². The molecule has 0 aliphatic carbocycles. The van der Waals surface area contributed by atoms with Gasteiger partial charge in [0.15, 0.2) is 0 Å². The second-order valence-corrected chi connectivity index (χ2v) is 6.11. The first-order valence-corrected chi connectivity index (χ1v) is 7.80. The summed E-state index contributed by atoms with van der Waals surface area (Å²) in [6.45, 7) is -0.0915. The number of benzene rings is 1. The summed E-state index contributed by atoms with van der Waals surface area (Å²) in [5, 5.41) is 2.74. The lowest BCUT2D eigenvalue weighted by molar-refractivity contribution is -0.152. The van der Waals surface area contributed by atoms with E-state index >= 15 is 0 Å². The summed E-state index contributed by atoms with van der Waals surface area (Å²) in [5.41, 5.74) is 1.39. The minimum atomic E-state index is -4.23. The molecule has 2 amide bonds. The van der Waals surface area contributed by atoms with Crippen LogP contribution in [-0.4, -0.2) is 60.5 Å². The average molecular weight is 341 g/mol. The number of para-hydroxylation sites is 1. The molecule has 0 aromatic heterocycles. The van der Waals surface area contributed by atoms with Gasteiger partial charge in [-0.25, -0.2) is 0 Å². The van der Waals surface area contributed by atoms with Crippen LogP contribution in [0.1, 0.15) is 17.9 Å². The number of piperazine rings is 1. The van der Waals surface area contributed by atoms with Gasteiger partial charge in [-0.3, -0.25) is 14.5 Å². The fourth-order valence-corrected chi connectivity index (χ4v) is 3.23. The Morgan fingerprint density at radius 3 is 2.50 bits per heavy atom. The molecule has 1 saturated heterocycles. The number of amides is 2. The summed E-state index contributed by atoms with van der Waals surface area (Å²) in [6, 6.07) is 7.13. The van der Waals surface area contributed by atoms with E-state index in [0.29, 0.717) is 5.69 Å². The Kier molecular flexibility index (Phi) is 4.49. The van der Waals surface area contributed by atoms with E-state index in [0.717, 1.165) is 5.56 Å². The molecule has 1 fully saturated rings. The zero-order valence-corrected chi connectivity index (χ0v) is 13.0. The number of carbonyl (C=O) groups excluding carboxylic acids is 2. The zero-order valence-electron chi connectivity index (χ0n) is 13.0. The van der Waals surface area contributed by atoms with Crippen molar-refractivity contribution in [1.29, 1.82) is 0 Å². The van der Waals surface area contributed by atoms with Crippen LogP contribution in [0.3, 0.4) is 0 Å². The summed E-state index contributed by atoms with van der Waals surface area (Å²) < 4.78 is 37.3. The summed E-state index contributed by atoms with van der Waals surface area (Å²) in [7, 11) is 0. The molecule has 0 saturated carbocycles. The second kappa shape index (κ2) is 6.43. The maximum absolute atomic E-state index is 12.8. The quantitative estimate of drug-likeness (QED) is 0.893. The van der Waals surface area contributed by atoms with Crippen LogP contribution < -0.4 is 5.32 Å². The van der Waals surface area contributed by atoms with Crippen molar-refractivity contribution in [2.24, 2.45) is 0 Å². The van der Waals surface area contributed by atoms with Crippen LogP contribution in [0, 0.1) is 0 Å². The van der Waals surface area contributed by atoms with Gasteiger partial charge in [-0.05, 0) is 11.6 Å². The average Bonchev–Trinajstić information content (AvgIpc) is 2.52. The van der Waals surface area contributed by atoms with Gasteiger partial charge in [0.1, 0.15) is 0 Å². The lowest BCUT2D eigenvalue weighted by Crippen LogP contribution is -2.52. The van der Waals surface area contributed by atoms with E-state index in [1.807, 2.05) is 0 Å². The SMILES string of the molecule is O=C1C[C@H](C(=O)N2CCN(CC(F)(F)F)CC2)c2ccccc2N1. The number of anilines is 1. The number of nitrogens with one attached hydrogen (secondary N) is 1. The zero-order chi connectivity index (χ0) is 17.3. The van der Waals surface area contributed by atoms with E-state index in [1.54, 1.807) is 29.2 Å². The fourth-order valence-electron chi connectivity index (χ4n) is 3.23. The minimum Gasteiger partial charge on any atom is -0.340 e. The number of alkyl halides is 3. The molecule has 0 unspecified atom stereocenters. The van der Waals surface area contributed by atoms with Gasteiger partial charge in [0.05, 0.1) is 12.5 Å². The van der Waals surface area contributed by atoms with Crippen LogP contribution in [0.4, 0.5) is 18.9 Å². The number of hydrogen-bond donors (Lipinski definition) is 1. The molecule has 1 aromatic rings. The lowest BCUT2D eigenvalue weighted by atomic mass is 9.89. The Labute approximate surface area is 137 Å². The third-order valence-electron chi connectivity index (χ3n) is 4.38. The predicted octanol–water partition coefficient (Wildman–Crippen LogP) is 1.82. The molecular weight excluding hydrogens is 323 g/mol. The van der Waals surface area contributed by atoms with Crippen LogP contribution in [0.5, 0.6) is 0 Å². The molecule has 0 radical (unpaired) electrons. The largest absolute Gasteiger partial charge is 0.401 e. The van der Waals surface area contributed by atoms with Crippen molar-refractivity contribution in [3.8, 4) is 0 Å². The topological polar surface area (TPSA) is 52.7 Å². The van der Waals surface area contributed by atoms with Gasteiger partial charge in [-0.15, -0.1) is 0 Å². The van der Waals surface area contributed by atoms with Crippen molar-refractivity contribution in [1.82, 2.24) is 9.80 Å². The predicted molar refractivity (Wildman–Crippen MR) is 81.5 cm³/mol. The number of carbonyl (C=O) groups is 2. The molecule has 1 atom stereocenters. The van der Waals surface area contributed by atoms with Crippen molar-refractivity contribution in [3.05, 3.63) is 29.8 Å². The summed E-state index contributed by atoms with van der Waals surface area (Å²) in [4.78, 5) is 27.4. The highest BCUT2D eigenvalue weighted by Crippen LogP contribution is 2.33. The maximum atomic E-state index is 12.8. The summed E-state index contributed by atoms with van der Waals surface area (Å²) >= 11 is 0. The first-order chi connectivity index (χ1) is 11.3. The molecular formula is C16H18F3N3O2. The highest BCUT2D eigenvalue weighted by atomic mass is 19.4. The van der Waals surface area contributed by atoms with Crippen molar-refractivity contribution in [3.63, 3.8) is 0 Å². The minimum absolute atomic E-state index is 0.0681. The van der Waals surface area contributed by atoms with Crippen LogP contribution in [0.2, 0.25) is 0 Å². The first-order valence-electron chi connectivity index (χ1n) is 7.80. The van der Waals surface area contributed by atoms with Gasteiger partial charge < -0.3 is 10.2 Å². The van der Waals surface area contributed by atoms with Gasteiger partial charge in [-0.2, -0.15) is 13.2 Å². The standard InChI is InChI=1S/C16H18F3N3O2/c17-16(18,19)10-21-5-7-22(8-6-21)15(24)12-9-14(23)20-13-4-2-1-3-11(12)13/h1-4,12H,5-10H2,(H,20,23)/t12-/m0/s1. The van der Waals surface area contributed by atoms with Gasteiger partial charge in [0, 0.05) is 38.3 Å². The molecule has 0 bridgehead atoms. The van der Waals surface area contributed by atoms with Gasteiger partial charge >= 0.3 is 6.18 Å². The van der Waals surface area contributed by atoms with E-state index in [9.17, 15) is 22.8 Å². The van der Waals surface area contributed by atoms with Crippen molar-refractivity contribution < 1.29 is 22.8 Å². The van der Waals surface area contributed by atoms with Crippen LogP contribution in [0.15, 0.2) is 24.3 Å². The van der Waals surface area contributed by atoms with Gasteiger partial charge in [0.2, 0.25) is 11.8 Å². The molecule has 2 aliphatic heterocycles. The normalized spacial score (nSPS) is 22.0. The monoisotopic (exact) mass is 341 g/mol. The number of hydrogen-bond acceptors (Lipinski definition) is 3. The van der Waals surface area contributed by atoms with E-state index in [4.69, 9.17) is 0 Å².